The predicted molar refractivity (Wildman–Crippen MR) is 241 cm³/mol. The summed E-state index contributed by atoms with van der Waals surface area (Å²) >= 11 is 2.00. The van der Waals surface area contributed by atoms with Gasteiger partial charge in [-0.15, -0.1) is 11.8 Å². The molecule has 2 aromatic heterocycles. The summed E-state index contributed by atoms with van der Waals surface area (Å²) in [5.41, 5.74) is 10.4. The zero-order valence-electron chi connectivity index (χ0n) is 31.3. The first kappa shape index (κ1) is 33.1. The topological polar surface area (TPSA) is 43.6 Å². The van der Waals surface area contributed by atoms with E-state index < -0.39 is 0 Å². The molecule has 2 unspecified atom stereocenters. The molecule has 1 aliphatic heterocycles. The number of para-hydroxylation sites is 1. The van der Waals surface area contributed by atoms with Crippen molar-refractivity contribution in [3.05, 3.63) is 205 Å². The van der Waals surface area contributed by atoms with Gasteiger partial charge in [0, 0.05) is 54.8 Å². The molecule has 1 aliphatic carbocycles. The number of nitrogens with zero attached hydrogens (tertiary/aromatic N) is 4. The number of hydrogen-bond donors (Lipinski definition) is 0. The molecule has 8 aromatic carbocycles. The number of aromatic nitrogens is 4. The van der Waals surface area contributed by atoms with E-state index >= 15 is 0 Å². The van der Waals surface area contributed by atoms with Crippen LogP contribution >= 0.6 is 11.8 Å². The monoisotopic (exact) mass is 758 g/mol. The van der Waals surface area contributed by atoms with Crippen LogP contribution in [0.4, 0.5) is 0 Å². The van der Waals surface area contributed by atoms with Gasteiger partial charge < -0.3 is 4.57 Å². The summed E-state index contributed by atoms with van der Waals surface area (Å²) in [4.78, 5) is 16.5. The van der Waals surface area contributed by atoms with Gasteiger partial charge in [-0.25, -0.2) is 15.0 Å². The van der Waals surface area contributed by atoms with Gasteiger partial charge in [-0.2, -0.15) is 0 Å². The minimum Gasteiger partial charge on any atom is -0.309 e. The van der Waals surface area contributed by atoms with E-state index in [0.717, 1.165) is 22.4 Å². The zero-order valence-corrected chi connectivity index (χ0v) is 32.1. The molecular weight excluding hydrogens is 725 g/mol. The minimum atomic E-state index is 0.155. The van der Waals surface area contributed by atoms with Crippen molar-refractivity contribution >= 4 is 60.7 Å². The third-order valence-electron chi connectivity index (χ3n) is 11.8. The Morgan fingerprint density at radius 3 is 1.86 bits per heavy atom. The Morgan fingerprint density at radius 1 is 0.500 bits per heavy atom. The van der Waals surface area contributed by atoms with E-state index in [-0.39, 0.29) is 11.2 Å². The van der Waals surface area contributed by atoms with Gasteiger partial charge in [-0.3, -0.25) is 0 Å². The fourth-order valence-electron chi connectivity index (χ4n) is 9.20. The first-order valence-electron chi connectivity index (χ1n) is 19.8. The van der Waals surface area contributed by atoms with Crippen LogP contribution in [-0.2, 0) is 0 Å². The zero-order chi connectivity index (χ0) is 38.2. The number of allylic oxidation sites excluding steroid dienone is 3. The van der Waals surface area contributed by atoms with Crippen LogP contribution in [0.1, 0.15) is 17.0 Å². The maximum absolute atomic E-state index is 5.11. The molecule has 5 heteroatoms. The second-order valence-electron chi connectivity index (χ2n) is 15.1. The molecule has 58 heavy (non-hydrogen) atoms. The van der Waals surface area contributed by atoms with Gasteiger partial charge in [0.05, 0.1) is 11.0 Å². The van der Waals surface area contributed by atoms with Crippen molar-refractivity contribution in [2.45, 2.75) is 16.1 Å². The lowest BCUT2D eigenvalue weighted by molar-refractivity contribution is 0.894. The number of rotatable bonds is 5. The molecule has 0 N–H and O–H groups in total. The Kier molecular flexibility index (Phi) is 7.57. The molecule has 0 saturated heterocycles. The Labute approximate surface area is 339 Å². The van der Waals surface area contributed by atoms with Crippen molar-refractivity contribution in [2.24, 2.45) is 0 Å². The Morgan fingerprint density at radius 2 is 1.10 bits per heavy atom. The second-order valence-corrected chi connectivity index (χ2v) is 16.3. The highest BCUT2D eigenvalue weighted by Gasteiger charge is 2.37. The SMILES string of the molecule is C1=CC(c2cccc3c4c5ccccc5ccc4n(-c4cccc(-c5nc(-c6ccccc6)nc(-c6ccccc6)n5)c4)c23)C2Sc3ccc4ccccc4c3C2=C1. The van der Waals surface area contributed by atoms with Crippen LogP contribution in [0.3, 0.4) is 0 Å². The molecule has 0 radical (unpaired) electrons. The van der Waals surface area contributed by atoms with Gasteiger partial charge in [0.15, 0.2) is 17.5 Å². The highest BCUT2D eigenvalue weighted by atomic mass is 32.2. The summed E-state index contributed by atoms with van der Waals surface area (Å²) in [6.45, 7) is 0. The molecule has 10 aromatic rings. The standard InChI is InChI=1S/C53H34N4S/c1-3-16-35(17-4-1)51-54-52(36-18-5-2-6-19-36)56-53(55-51)37-20-11-21-38(32-37)57-45-30-28-33-14-7-9-22-39(33)47(45)43-26-12-24-41(49(43)57)42-25-13-27-44-48-40-23-10-8-15-34(40)29-31-46(48)58-50(42)44/h1-32,42,50H. The van der Waals surface area contributed by atoms with Crippen LogP contribution in [0, 0.1) is 0 Å². The van der Waals surface area contributed by atoms with Crippen LogP contribution in [0.25, 0.3) is 88.8 Å². The lowest BCUT2D eigenvalue weighted by Gasteiger charge is -2.26. The molecule has 3 heterocycles. The molecule has 12 rings (SSSR count). The number of fused-ring (bicyclic) bond motifs is 10. The molecule has 2 aliphatic rings. The van der Waals surface area contributed by atoms with E-state index in [1.807, 2.05) is 48.2 Å². The van der Waals surface area contributed by atoms with Crippen molar-refractivity contribution in [2.75, 3.05) is 0 Å². The van der Waals surface area contributed by atoms with E-state index in [4.69, 9.17) is 15.0 Å². The predicted octanol–water partition coefficient (Wildman–Crippen LogP) is 13.5. The fourth-order valence-corrected chi connectivity index (χ4v) is 10.7. The van der Waals surface area contributed by atoms with Crippen molar-refractivity contribution < 1.29 is 0 Å². The van der Waals surface area contributed by atoms with Crippen molar-refractivity contribution in [1.82, 2.24) is 19.5 Å². The number of thioether (sulfide) groups is 1. The van der Waals surface area contributed by atoms with Crippen LogP contribution in [-0.4, -0.2) is 24.8 Å². The van der Waals surface area contributed by atoms with Gasteiger partial charge in [0.2, 0.25) is 0 Å². The first-order valence-corrected chi connectivity index (χ1v) is 20.6. The van der Waals surface area contributed by atoms with Crippen LogP contribution < -0.4 is 0 Å². The average Bonchev–Trinajstić information content (AvgIpc) is 3.86. The van der Waals surface area contributed by atoms with Gasteiger partial charge in [0.25, 0.3) is 0 Å². The first-order chi connectivity index (χ1) is 28.8. The van der Waals surface area contributed by atoms with Crippen molar-refractivity contribution in [3.8, 4) is 39.9 Å². The molecule has 0 spiro atoms. The Bertz CT molecular complexity index is 3270. The molecule has 0 bridgehead atoms. The molecule has 272 valence electrons. The highest BCUT2D eigenvalue weighted by molar-refractivity contribution is 8.01. The quantitative estimate of drug-likeness (QED) is 0.175. The smallest absolute Gasteiger partial charge is 0.164 e. The molecule has 0 fully saturated rings. The van der Waals surface area contributed by atoms with E-state index in [9.17, 15) is 0 Å². The van der Waals surface area contributed by atoms with Gasteiger partial charge in [-0.1, -0.05) is 170 Å². The summed E-state index contributed by atoms with van der Waals surface area (Å²) in [7, 11) is 0. The van der Waals surface area contributed by atoms with E-state index in [0.29, 0.717) is 17.5 Å². The van der Waals surface area contributed by atoms with Crippen molar-refractivity contribution in [1.29, 1.82) is 0 Å². The molecule has 4 nitrogen and oxygen atoms in total. The number of benzene rings is 8. The second kappa shape index (κ2) is 13.3. The van der Waals surface area contributed by atoms with E-state index in [2.05, 4.69) is 162 Å². The summed E-state index contributed by atoms with van der Waals surface area (Å²) in [6.07, 6.45) is 7.05. The third kappa shape index (κ3) is 5.20. The molecule has 0 saturated carbocycles. The minimum absolute atomic E-state index is 0.155. The Hall–Kier alpha value is -7.08. The lowest BCUT2D eigenvalue weighted by atomic mass is 9.83. The lowest BCUT2D eigenvalue weighted by Crippen LogP contribution is -2.15. The summed E-state index contributed by atoms with van der Waals surface area (Å²) < 4.78 is 2.49. The normalized spacial score (nSPS) is 15.9. The highest BCUT2D eigenvalue weighted by Crippen LogP contribution is 2.55. The summed E-state index contributed by atoms with van der Waals surface area (Å²) in [6, 6.07) is 62.7. The third-order valence-corrected chi connectivity index (χ3v) is 13.2. The van der Waals surface area contributed by atoms with Crippen molar-refractivity contribution in [3.63, 3.8) is 0 Å². The van der Waals surface area contributed by atoms with Crippen LogP contribution in [0.2, 0.25) is 0 Å². The Balaban J connectivity index is 1.08. The largest absolute Gasteiger partial charge is 0.309 e. The van der Waals surface area contributed by atoms with Crippen LogP contribution in [0.5, 0.6) is 0 Å². The summed E-state index contributed by atoms with van der Waals surface area (Å²) in [5.74, 6) is 2.09. The molecule has 2 atom stereocenters. The maximum atomic E-state index is 5.11. The molecule has 0 amide bonds. The average molecular weight is 759 g/mol. The maximum Gasteiger partial charge on any atom is 0.164 e. The molecular formula is C53H34N4S. The van der Waals surface area contributed by atoms with Gasteiger partial charge in [-0.05, 0) is 56.9 Å². The van der Waals surface area contributed by atoms with Gasteiger partial charge >= 0.3 is 0 Å². The number of hydrogen-bond acceptors (Lipinski definition) is 4. The van der Waals surface area contributed by atoms with Crippen LogP contribution in [0.15, 0.2) is 199 Å². The fraction of sp³-hybridized carbons (Fsp3) is 0.0377. The van der Waals surface area contributed by atoms with Gasteiger partial charge in [0.1, 0.15) is 0 Å². The van der Waals surface area contributed by atoms with E-state index in [1.54, 1.807) is 0 Å². The summed E-state index contributed by atoms with van der Waals surface area (Å²) in [5, 5.41) is 7.87. The van der Waals surface area contributed by atoms with E-state index in [1.165, 1.54) is 64.9 Å².